The zero-order valence-corrected chi connectivity index (χ0v) is 20.3. The Morgan fingerprint density at radius 1 is 0.853 bits per heavy atom. The van der Waals surface area contributed by atoms with Crippen LogP contribution in [0, 0.1) is 0 Å². The number of anilines is 1. The number of aromatic nitrogens is 2. The predicted octanol–water partition coefficient (Wildman–Crippen LogP) is 5.26. The lowest BCUT2D eigenvalue weighted by Crippen LogP contribution is -2.50. The van der Waals surface area contributed by atoms with Crippen LogP contribution in [0.25, 0.3) is 0 Å². The molecular formula is C27H25ClN4OS. The van der Waals surface area contributed by atoms with Crippen molar-refractivity contribution in [2.45, 2.75) is 12.3 Å². The van der Waals surface area contributed by atoms with Crippen LogP contribution >= 0.6 is 23.1 Å². The molecule has 1 aromatic heterocycles. The molecule has 1 fully saturated rings. The second-order valence-electron chi connectivity index (χ2n) is 8.36. The van der Waals surface area contributed by atoms with E-state index in [9.17, 15) is 4.79 Å². The van der Waals surface area contributed by atoms with E-state index in [1.807, 2.05) is 89.8 Å². The molecule has 34 heavy (non-hydrogen) atoms. The first-order valence-electron chi connectivity index (χ1n) is 11.4. The van der Waals surface area contributed by atoms with Gasteiger partial charge in [-0.25, -0.2) is 4.98 Å². The van der Waals surface area contributed by atoms with Crippen LogP contribution < -0.4 is 4.90 Å². The lowest BCUT2D eigenvalue weighted by atomic mass is 9.90. The van der Waals surface area contributed by atoms with Crippen LogP contribution in [-0.4, -0.2) is 46.3 Å². The van der Waals surface area contributed by atoms with Crippen molar-refractivity contribution in [3.8, 4) is 0 Å². The highest BCUT2D eigenvalue weighted by Crippen LogP contribution is 2.28. The highest BCUT2D eigenvalue weighted by Gasteiger charge is 2.30. The van der Waals surface area contributed by atoms with Gasteiger partial charge in [-0.15, -0.1) is 0 Å². The standard InChI is InChI=1S/C27H25ClN4OS/c28-23-13-11-20(12-14-23)19-24-29-27(34-30-24)32-17-15-31(16-18-32)26(33)25(21-7-3-1-4-8-21)22-9-5-2-6-10-22/h1-14,25H,15-19H2. The summed E-state index contributed by atoms with van der Waals surface area (Å²) in [4.78, 5) is 22.6. The van der Waals surface area contributed by atoms with Gasteiger partial charge in [0.15, 0.2) is 0 Å². The fraction of sp³-hybridized carbons (Fsp3) is 0.222. The Bertz CT molecular complexity index is 1180. The second-order valence-corrected chi connectivity index (χ2v) is 9.53. The maximum Gasteiger partial charge on any atom is 0.234 e. The van der Waals surface area contributed by atoms with E-state index < -0.39 is 0 Å². The smallest absolute Gasteiger partial charge is 0.234 e. The molecule has 5 nitrogen and oxygen atoms in total. The number of carbonyl (C=O) groups is 1. The number of rotatable bonds is 6. The van der Waals surface area contributed by atoms with Crippen LogP contribution in [0.3, 0.4) is 0 Å². The molecule has 0 radical (unpaired) electrons. The van der Waals surface area contributed by atoms with Gasteiger partial charge in [-0.2, -0.15) is 4.37 Å². The van der Waals surface area contributed by atoms with Crippen molar-refractivity contribution in [3.05, 3.63) is 112 Å². The van der Waals surface area contributed by atoms with Gasteiger partial charge in [-0.1, -0.05) is 84.4 Å². The van der Waals surface area contributed by atoms with E-state index >= 15 is 0 Å². The van der Waals surface area contributed by atoms with Crippen molar-refractivity contribution in [2.75, 3.05) is 31.1 Å². The molecule has 0 N–H and O–H groups in total. The predicted molar refractivity (Wildman–Crippen MR) is 138 cm³/mol. The van der Waals surface area contributed by atoms with Gasteiger partial charge in [0, 0.05) is 49.2 Å². The average molecular weight is 489 g/mol. The minimum absolute atomic E-state index is 0.151. The summed E-state index contributed by atoms with van der Waals surface area (Å²) < 4.78 is 4.55. The zero-order chi connectivity index (χ0) is 23.3. The molecule has 0 spiro atoms. The quantitative estimate of drug-likeness (QED) is 0.371. The maximum atomic E-state index is 13.6. The molecule has 172 valence electrons. The molecule has 1 amide bonds. The van der Waals surface area contributed by atoms with E-state index in [-0.39, 0.29) is 11.8 Å². The molecule has 2 heterocycles. The van der Waals surface area contributed by atoms with Crippen LogP contribution in [0.4, 0.5) is 5.13 Å². The highest BCUT2D eigenvalue weighted by molar-refractivity contribution is 7.09. The minimum atomic E-state index is -0.290. The van der Waals surface area contributed by atoms with Crippen molar-refractivity contribution in [1.82, 2.24) is 14.3 Å². The Hall–Kier alpha value is -3.22. The molecule has 0 saturated carbocycles. The van der Waals surface area contributed by atoms with Crippen LogP contribution in [0.5, 0.6) is 0 Å². The van der Waals surface area contributed by atoms with Crippen molar-refractivity contribution < 1.29 is 4.79 Å². The number of halogens is 1. The maximum absolute atomic E-state index is 13.6. The first-order valence-corrected chi connectivity index (χ1v) is 12.5. The minimum Gasteiger partial charge on any atom is -0.343 e. The number of nitrogens with zero attached hydrogens (tertiary/aromatic N) is 4. The van der Waals surface area contributed by atoms with Gasteiger partial charge in [-0.3, -0.25) is 4.79 Å². The number of amides is 1. The van der Waals surface area contributed by atoms with Gasteiger partial charge in [-0.05, 0) is 28.8 Å². The van der Waals surface area contributed by atoms with Crippen LogP contribution in [-0.2, 0) is 11.2 Å². The first kappa shape index (κ1) is 22.6. The molecular weight excluding hydrogens is 464 g/mol. The molecule has 0 atom stereocenters. The second kappa shape index (κ2) is 10.4. The Morgan fingerprint density at radius 2 is 1.44 bits per heavy atom. The van der Waals surface area contributed by atoms with E-state index in [4.69, 9.17) is 16.6 Å². The Labute approximate surface area is 208 Å². The summed E-state index contributed by atoms with van der Waals surface area (Å²) in [5, 5.41) is 1.64. The third-order valence-electron chi connectivity index (χ3n) is 6.11. The number of hydrogen-bond acceptors (Lipinski definition) is 5. The fourth-order valence-corrected chi connectivity index (χ4v) is 5.16. The molecule has 7 heteroatoms. The molecule has 3 aromatic carbocycles. The average Bonchev–Trinajstić information content (AvgIpc) is 3.35. The molecule has 1 aliphatic heterocycles. The number of piperazine rings is 1. The van der Waals surface area contributed by atoms with Crippen molar-refractivity contribution >= 4 is 34.2 Å². The molecule has 5 rings (SSSR count). The molecule has 0 bridgehead atoms. The zero-order valence-electron chi connectivity index (χ0n) is 18.7. The summed E-state index contributed by atoms with van der Waals surface area (Å²) >= 11 is 7.40. The van der Waals surface area contributed by atoms with Crippen molar-refractivity contribution in [2.24, 2.45) is 0 Å². The lowest BCUT2D eigenvalue weighted by Gasteiger charge is -2.36. The summed E-state index contributed by atoms with van der Waals surface area (Å²) in [5.74, 6) is 0.674. The number of benzene rings is 3. The molecule has 1 aliphatic rings. The molecule has 0 aliphatic carbocycles. The monoisotopic (exact) mass is 488 g/mol. The Balaban J connectivity index is 1.25. The molecule has 4 aromatic rings. The summed E-state index contributed by atoms with van der Waals surface area (Å²) in [5.41, 5.74) is 3.19. The van der Waals surface area contributed by atoms with Crippen LogP contribution in [0.1, 0.15) is 28.4 Å². The molecule has 1 saturated heterocycles. The Kier molecular flexibility index (Phi) is 6.88. The van der Waals surface area contributed by atoms with E-state index in [2.05, 4.69) is 9.27 Å². The normalized spacial score (nSPS) is 13.9. The van der Waals surface area contributed by atoms with Gasteiger partial charge in [0.1, 0.15) is 5.82 Å². The topological polar surface area (TPSA) is 49.3 Å². The highest BCUT2D eigenvalue weighted by atomic mass is 35.5. The van der Waals surface area contributed by atoms with Gasteiger partial charge in [0.25, 0.3) is 0 Å². The third kappa shape index (κ3) is 5.13. The van der Waals surface area contributed by atoms with Gasteiger partial charge >= 0.3 is 0 Å². The van der Waals surface area contributed by atoms with Crippen molar-refractivity contribution in [3.63, 3.8) is 0 Å². The largest absolute Gasteiger partial charge is 0.343 e. The van der Waals surface area contributed by atoms with E-state index in [0.29, 0.717) is 19.5 Å². The fourth-order valence-electron chi connectivity index (χ4n) is 4.30. The van der Waals surface area contributed by atoms with E-state index in [1.54, 1.807) is 0 Å². The molecule has 0 unspecified atom stereocenters. The SMILES string of the molecule is O=C(C(c1ccccc1)c1ccccc1)N1CCN(c2nc(Cc3ccc(Cl)cc3)ns2)CC1. The van der Waals surface area contributed by atoms with Gasteiger partial charge < -0.3 is 9.80 Å². The van der Waals surface area contributed by atoms with E-state index in [1.165, 1.54) is 11.5 Å². The first-order chi connectivity index (χ1) is 16.7. The Morgan fingerprint density at radius 3 is 2.03 bits per heavy atom. The van der Waals surface area contributed by atoms with Crippen LogP contribution in [0.15, 0.2) is 84.9 Å². The number of carbonyl (C=O) groups excluding carboxylic acids is 1. The lowest BCUT2D eigenvalue weighted by molar-refractivity contribution is -0.132. The van der Waals surface area contributed by atoms with E-state index in [0.717, 1.165) is 45.8 Å². The van der Waals surface area contributed by atoms with Gasteiger partial charge in [0.2, 0.25) is 11.0 Å². The summed E-state index contributed by atoms with van der Waals surface area (Å²) in [6, 6.07) is 27.9. The summed E-state index contributed by atoms with van der Waals surface area (Å²) in [7, 11) is 0. The summed E-state index contributed by atoms with van der Waals surface area (Å²) in [6.07, 6.45) is 0.682. The number of hydrogen-bond donors (Lipinski definition) is 0. The van der Waals surface area contributed by atoms with Crippen molar-refractivity contribution in [1.29, 1.82) is 0 Å². The summed E-state index contributed by atoms with van der Waals surface area (Å²) in [6.45, 7) is 2.83. The third-order valence-corrected chi connectivity index (χ3v) is 7.17. The van der Waals surface area contributed by atoms with Gasteiger partial charge in [0.05, 0.1) is 5.92 Å². The van der Waals surface area contributed by atoms with Crippen LogP contribution in [0.2, 0.25) is 5.02 Å².